The third-order valence-corrected chi connectivity index (χ3v) is 4.82. The van der Waals surface area contributed by atoms with Crippen LogP contribution in [-0.4, -0.2) is 43.3 Å². The molecule has 2 aromatic rings. The summed E-state index contributed by atoms with van der Waals surface area (Å²) in [6, 6.07) is 14.7. The third-order valence-electron chi connectivity index (χ3n) is 4.10. The highest BCUT2D eigenvalue weighted by atomic mass is 32.2. The molecule has 1 aliphatic rings. The molecular formula is C19H20F2N2O2S. The lowest BCUT2D eigenvalue weighted by atomic mass is 10.1. The molecule has 0 bridgehead atoms. The first-order chi connectivity index (χ1) is 12.4. The second-order valence-electron chi connectivity index (χ2n) is 6.21. The first-order valence-corrected chi connectivity index (χ1v) is 9.07. The molecule has 2 aromatic carbocycles. The topological polar surface area (TPSA) is 32.8 Å². The van der Waals surface area contributed by atoms with E-state index >= 15 is 0 Å². The maximum absolute atomic E-state index is 12.4. The van der Waals surface area contributed by atoms with Gasteiger partial charge < -0.3 is 14.5 Å². The number of amides is 1. The van der Waals surface area contributed by atoms with E-state index in [-0.39, 0.29) is 5.91 Å². The van der Waals surface area contributed by atoms with Gasteiger partial charge in [-0.15, -0.1) is 0 Å². The number of hydrogen-bond acceptors (Lipinski definition) is 4. The Morgan fingerprint density at radius 2 is 1.92 bits per heavy atom. The number of hydrogen-bond donors (Lipinski definition) is 0. The van der Waals surface area contributed by atoms with Gasteiger partial charge in [0.05, 0.1) is 12.2 Å². The molecule has 0 aliphatic carbocycles. The maximum atomic E-state index is 12.4. The molecule has 7 heteroatoms. The monoisotopic (exact) mass is 378 g/mol. The molecule has 4 nitrogen and oxygen atoms in total. The Bertz CT molecular complexity index is 768. The Balaban J connectivity index is 1.80. The van der Waals surface area contributed by atoms with E-state index in [1.807, 2.05) is 36.4 Å². The van der Waals surface area contributed by atoms with Gasteiger partial charge in [0.2, 0.25) is 0 Å². The minimum absolute atomic E-state index is 0.0896. The van der Waals surface area contributed by atoms with Crippen LogP contribution >= 0.6 is 11.8 Å². The van der Waals surface area contributed by atoms with Crippen LogP contribution in [0.3, 0.4) is 0 Å². The van der Waals surface area contributed by atoms with Gasteiger partial charge in [-0.1, -0.05) is 36.0 Å². The highest BCUT2D eigenvalue weighted by Gasteiger charge is 2.31. The SMILES string of the molecule is CN(C)C(=O)[C@@H]1CN(Cc2ccc(SC(F)F)cc2)c2ccccc2O1. The molecule has 0 fully saturated rings. The fourth-order valence-corrected chi connectivity index (χ4v) is 3.37. The van der Waals surface area contributed by atoms with Crippen LogP contribution in [0.15, 0.2) is 53.4 Å². The van der Waals surface area contributed by atoms with Gasteiger partial charge in [-0.05, 0) is 29.8 Å². The summed E-state index contributed by atoms with van der Waals surface area (Å²) in [5.41, 5.74) is 1.90. The minimum atomic E-state index is -2.43. The van der Waals surface area contributed by atoms with Crippen molar-refractivity contribution in [1.29, 1.82) is 0 Å². The number of carbonyl (C=O) groups is 1. The molecule has 0 spiro atoms. The van der Waals surface area contributed by atoms with Crippen LogP contribution in [0, 0.1) is 0 Å². The predicted molar refractivity (Wildman–Crippen MR) is 98.9 cm³/mol. The molecule has 0 saturated heterocycles. The van der Waals surface area contributed by atoms with Gasteiger partial charge in [-0.2, -0.15) is 8.78 Å². The highest BCUT2D eigenvalue weighted by molar-refractivity contribution is 7.99. The van der Waals surface area contributed by atoms with E-state index in [0.29, 0.717) is 35.5 Å². The number of anilines is 1. The Morgan fingerprint density at radius 1 is 1.23 bits per heavy atom. The van der Waals surface area contributed by atoms with Gasteiger partial charge in [-0.3, -0.25) is 4.79 Å². The lowest BCUT2D eigenvalue weighted by Crippen LogP contribution is -2.48. The molecule has 1 atom stereocenters. The van der Waals surface area contributed by atoms with Gasteiger partial charge in [-0.25, -0.2) is 0 Å². The first-order valence-electron chi connectivity index (χ1n) is 8.19. The van der Waals surface area contributed by atoms with E-state index in [4.69, 9.17) is 4.74 Å². The van der Waals surface area contributed by atoms with Crippen LogP contribution in [0.2, 0.25) is 0 Å². The zero-order chi connectivity index (χ0) is 18.7. The number of para-hydroxylation sites is 2. The molecule has 1 amide bonds. The number of likely N-dealkylation sites (N-methyl/N-ethyl adjacent to an activating group) is 1. The van der Waals surface area contributed by atoms with Crippen molar-refractivity contribution in [2.75, 3.05) is 25.5 Å². The lowest BCUT2D eigenvalue weighted by molar-refractivity contribution is -0.136. The molecule has 0 N–H and O–H groups in total. The largest absolute Gasteiger partial charge is 0.477 e. The second kappa shape index (κ2) is 7.95. The Hall–Kier alpha value is -2.28. The second-order valence-corrected chi connectivity index (χ2v) is 7.27. The summed E-state index contributed by atoms with van der Waals surface area (Å²) < 4.78 is 30.8. The number of halogens is 2. The minimum Gasteiger partial charge on any atom is -0.477 e. The third kappa shape index (κ3) is 4.27. The first kappa shape index (κ1) is 18.5. The molecule has 1 aliphatic heterocycles. The number of nitrogens with zero attached hydrogens (tertiary/aromatic N) is 2. The fraction of sp³-hybridized carbons (Fsp3) is 0.316. The van der Waals surface area contributed by atoms with Crippen LogP contribution in [0.25, 0.3) is 0 Å². The van der Waals surface area contributed by atoms with Crippen molar-refractivity contribution in [3.8, 4) is 5.75 Å². The van der Waals surface area contributed by atoms with Crippen LogP contribution in [0.4, 0.5) is 14.5 Å². The Morgan fingerprint density at radius 3 is 2.58 bits per heavy atom. The summed E-state index contributed by atoms with van der Waals surface area (Å²) in [6.07, 6.45) is -0.575. The van der Waals surface area contributed by atoms with Crippen molar-refractivity contribution in [3.63, 3.8) is 0 Å². The smallest absolute Gasteiger partial charge is 0.288 e. The van der Waals surface area contributed by atoms with Crippen molar-refractivity contribution in [2.45, 2.75) is 23.3 Å². The van der Waals surface area contributed by atoms with Gasteiger partial charge in [0.15, 0.2) is 6.10 Å². The lowest BCUT2D eigenvalue weighted by Gasteiger charge is -2.36. The molecule has 1 heterocycles. The van der Waals surface area contributed by atoms with E-state index in [1.165, 1.54) is 4.90 Å². The van der Waals surface area contributed by atoms with Gasteiger partial charge >= 0.3 is 0 Å². The number of benzene rings is 2. The van der Waals surface area contributed by atoms with Gasteiger partial charge in [0, 0.05) is 25.5 Å². The number of fused-ring (bicyclic) bond motifs is 1. The molecule has 0 radical (unpaired) electrons. The molecule has 0 saturated carbocycles. The van der Waals surface area contributed by atoms with E-state index in [9.17, 15) is 13.6 Å². The molecule has 0 unspecified atom stereocenters. The number of ether oxygens (including phenoxy) is 1. The van der Waals surface area contributed by atoms with Crippen LogP contribution in [-0.2, 0) is 11.3 Å². The van der Waals surface area contributed by atoms with Gasteiger partial charge in [0.1, 0.15) is 5.75 Å². The summed E-state index contributed by atoms with van der Waals surface area (Å²) >= 11 is 0.532. The highest BCUT2D eigenvalue weighted by Crippen LogP contribution is 2.34. The molecular weight excluding hydrogens is 358 g/mol. The standard InChI is InChI=1S/C19H20F2N2O2S/c1-22(2)18(24)17-12-23(15-5-3-4-6-16(15)25-17)11-13-7-9-14(10-8-13)26-19(20)21/h3-10,17,19H,11-12H2,1-2H3/t17-/m0/s1. The van der Waals surface area contributed by atoms with Crippen LogP contribution in [0.5, 0.6) is 5.75 Å². The summed E-state index contributed by atoms with van der Waals surface area (Å²) in [5, 5.41) is 0. The quantitative estimate of drug-likeness (QED) is 0.740. The predicted octanol–water partition coefficient (Wildman–Crippen LogP) is 3.86. The Labute approximate surface area is 155 Å². The van der Waals surface area contributed by atoms with E-state index < -0.39 is 11.9 Å². The van der Waals surface area contributed by atoms with Crippen molar-refractivity contribution >= 4 is 23.4 Å². The van der Waals surface area contributed by atoms with Crippen LogP contribution in [0.1, 0.15) is 5.56 Å². The van der Waals surface area contributed by atoms with Crippen molar-refractivity contribution in [3.05, 3.63) is 54.1 Å². The normalized spacial score (nSPS) is 16.2. The molecule has 0 aromatic heterocycles. The van der Waals surface area contributed by atoms with E-state index in [0.717, 1.165) is 11.3 Å². The van der Waals surface area contributed by atoms with Crippen molar-refractivity contribution < 1.29 is 18.3 Å². The average molecular weight is 378 g/mol. The van der Waals surface area contributed by atoms with Crippen LogP contribution < -0.4 is 9.64 Å². The number of carbonyl (C=O) groups excluding carboxylic acids is 1. The average Bonchev–Trinajstić information content (AvgIpc) is 2.62. The number of rotatable bonds is 5. The molecule has 138 valence electrons. The molecule has 26 heavy (non-hydrogen) atoms. The summed E-state index contributed by atoms with van der Waals surface area (Å²) in [6.45, 7) is 0.999. The summed E-state index contributed by atoms with van der Waals surface area (Å²) in [5.74, 6) is -1.85. The summed E-state index contributed by atoms with van der Waals surface area (Å²) in [4.78, 5) is 16.5. The zero-order valence-electron chi connectivity index (χ0n) is 14.6. The number of alkyl halides is 2. The maximum Gasteiger partial charge on any atom is 0.288 e. The molecule has 3 rings (SSSR count). The Kier molecular flexibility index (Phi) is 5.66. The number of thioether (sulfide) groups is 1. The van der Waals surface area contributed by atoms with E-state index in [1.54, 1.807) is 26.2 Å². The van der Waals surface area contributed by atoms with Gasteiger partial charge in [0.25, 0.3) is 11.7 Å². The van der Waals surface area contributed by atoms with E-state index in [2.05, 4.69) is 4.90 Å². The zero-order valence-corrected chi connectivity index (χ0v) is 15.4. The fourth-order valence-electron chi connectivity index (χ4n) is 2.87. The summed E-state index contributed by atoms with van der Waals surface area (Å²) in [7, 11) is 3.41. The van der Waals surface area contributed by atoms with Crippen molar-refractivity contribution in [2.24, 2.45) is 0 Å². The van der Waals surface area contributed by atoms with Crippen molar-refractivity contribution in [1.82, 2.24) is 4.90 Å².